The van der Waals surface area contributed by atoms with Gasteiger partial charge in [0.05, 0.1) is 25.1 Å². The third kappa shape index (κ3) is 3.17. The third-order valence-corrected chi connectivity index (χ3v) is 4.07. The van der Waals surface area contributed by atoms with Crippen molar-refractivity contribution in [2.24, 2.45) is 0 Å². The molecule has 0 saturated heterocycles. The van der Waals surface area contributed by atoms with Gasteiger partial charge < -0.3 is 10.2 Å². The lowest BCUT2D eigenvalue weighted by Gasteiger charge is -2.08. The first kappa shape index (κ1) is 13.9. The molecule has 0 atom stereocenters. The highest BCUT2D eigenvalue weighted by atomic mass is 32.2. The molecule has 6 heteroatoms. The lowest BCUT2D eigenvalue weighted by atomic mass is 10.2. The molecule has 3 aromatic rings. The van der Waals surface area contributed by atoms with E-state index >= 15 is 0 Å². The second kappa shape index (κ2) is 6.60. The SMILES string of the molecule is [NH3+]CCSc1nnc(-c2ccccc2)n1Cc1ccco1. The van der Waals surface area contributed by atoms with Gasteiger partial charge >= 0.3 is 0 Å². The van der Waals surface area contributed by atoms with Crippen molar-refractivity contribution in [2.75, 3.05) is 12.3 Å². The summed E-state index contributed by atoms with van der Waals surface area (Å²) in [6.45, 7) is 1.49. The Balaban J connectivity index is 1.97. The van der Waals surface area contributed by atoms with Crippen molar-refractivity contribution in [2.45, 2.75) is 11.7 Å². The fraction of sp³-hybridized carbons (Fsp3) is 0.200. The van der Waals surface area contributed by atoms with Crippen molar-refractivity contribution >= 4 is 11.8 Å². The first-order valence-corrected chi connectivity index (χ1v) is 7.80. The molecule has 0 aliphatic heterocycles. The van der Waals surface area contributed by atoms with Gasteiger partial charge in [0.2, 0.25) is 0 Å². The molecule has 0 bridgehead atoms. The number of hydrogen-bond donors (Lipinski definition) is 1. The zero-order valence-corrected chi connectivity index (χ0v) is 12.4. The largest absolute Gasteiger partial charge is 0.467 e. The van der Waals surface area contributed by atoms with Crippen molar-refractivity contribution < 1.29 is 10.2 Å². The summed E-state index contributed by atoms with van der Waals surface area (Å²) in [5.41, 5.74) is 4.93. The normalized spacial score (nSPS) is 10.9. The van der Waals surface area contributed by atoms with Gasteiger partial charge in [0.1, 0.15) is 5.76 Å². The molecule has 21 heavy (non-hydrogen) atoms. The second-order valence-electron chi connectivity index (χ2n) is 4.54. The number of aromatic nitrogens is 3. The zero-order chi connectivity index (χ0) is 14.5. The van der Waals surface area contributed by atoms with Crippen LogP contribution in [0.1, 0.15) is 5.76 Å². The standard InChI is InChI=1S/C15H16N4OS/c16-8-10-21-15-18-17-14(12-5-2-1-3-6-12)19(15)11-13-7-4-9-20-13/h1-7,9H,8,10-11,16H2/p+1. The number of nitrogens with zero attached hydrogens (tertiary/aromatic N) is 3. The lowest BCUT2D eigenvalue weighted by Crippen LogP contribution is -2.51. The molecular weight excluding hydrogens is 284 g/mol. The third-order valence-electron chi connectivity index (χ3n) is 3.02. The molecule has 3 N–H and O–H groups in total. The number of thioether (sulfide) groups is 1. The van der Waals surface area contributed by atoms with Crippen molar-refractivity contribution in [1.82, 2.24) is 14.8 Å². The average molecular weight is 301 g/mol. The van der Waals surface area contributed by atoms with Crippen molar-refractivity contribution in [3.63, 3.8) is 0 Å². The maximum atomic E-state index is 5.46. The molecule has 0 aliphatic rings. The molecular formula is C15H17N4OS+. The molecule has 0 unspecified atom stereocenters. The van der Waals surface area contributed by atoms with E-state index in [9.17, 15) is 0 Å². The maximum Gasteiger partial charge on any atom is 0.192 e. The van der Waals surface area contributed by atoms with Gasteiger partial charge in [-0.1, -0.05) is 42.1 Å². The van der Waals surface area contributed by atoms with E-state index in [1.165, 1.54) is 0 Å². The van der Waals surface area contributed by atoms with Gasteiger partial charge in [-0.05, 0) is 12.1 Å². The fourth-order valence-electron chi connectivity index (χ4n) is 2.06. The highest BCUT2D eigenvalue weighted by Gasteiger charge is 2.15. The van der Waals surface area contributed by atoms with Gasteiger partial charge in [-0.15, -0.1) is 10.2 Å². The van der Waals surface area contributed by atoms with Crippen molar-refractivity contribution in [1.29, 1.82) is 0 Å². The van der Waals surface area contributed by atoms with Gasteiger partial charge in [0.15, 0.2) is 11.0 Å². The maximum absolute atomic E-state index is 5.46. The van der Waals surface area contributed by atoms with Crippen LogP contribution in [0.25, 0.3) is 11.4 Å². The van der Waals surface area contributed by atoms with Crippen LogP contribution in [-0.2, 0) is 6.54 Å². The Morgan fingerprint density at radius 3 is 2.67 bits per heavy atom. The molecule has 2 aromatic heterocycles. The monoisotopic (exact) mass is 301 g/mol. The molecule has 0 spiro atoms. The number of hydrogen-bond acceptors (Lipinski definition) is 4. The Bertz CT molecular complexity index is 679. The summed E-state index contributed by atoms with van der Waals surface area (Å²) in [6, 6.07) is 13.9. The van der Waals surface area contributed by atoms with Gasteiger partial charge in [-0.3, -0.25) is 4.57 Å². The van der Waals surface area contributed by atoms with Gasteiger partial charge in [-0.25, -0.2) is 0 Å². The van der Waals surface area contributed by atoms with Gasteiger partial charge in [-0.2, -0.15) is 0 Å². The lowest BCUT2D eigenvalue weighted by molar-refractivity contribution is -0.360. The van der Waals surface area contributed by atoms with E-state index in [0.29, 0.717) is 6.54 Å². The topological polar surface area (TPSA) is 71.5 Å². The van der Waals surface area contributed by atoms with Crippen LogP contribution < -0.4 is 5.73 Å². The summed E-state index contributed by atoms with van der Waals surface area (Å²) in [7, 11) is 0. The Morgan fingerprint density at radius 2 is 1.95 bits per heavy atom. The van der Waals surface area contributed by atoms with Crippen LogP contribution in [0.5, 0.6) is 0 Å². The first-order chi connectivity index (χ1) is 10.4. The van der Waals surface area contributed by atoms with Crippen LogP contribution in [0.4, 0.5) is 0 Å². The summed E-state index contributed by atoms with van der Waals surface area (Å²) in [5.74, 6) is 2.67. The molecule has 1 aromatic carbocycles. The Kier molecular flexibility index (Phi) is 4.37. The summed E-state index contributed by atoms with van der Waals surface area (Å²) in [5, 5.41) is 9.56. The fourth-order valence-corrected chi connectivity index (χ4v) is 2.79. The number of furan rings is 1. The first-order valence-electron chi connectivity index (χ1n) is 6.81. The van der Waals surface area contributed by atoms with Crippen LogP contribution in [-0.4, -0.2) is 27.1 Å². The van der Waals surface area contributed by atoms with Crippen LogP contribution >= 0.6 is 11.8 Å². The zero-order valence-electron chi connectivity index (χ0n) is 11.6. The second-order valence-corrected chi connectivity index (χ2v) is 5.60. The minimum atomic E-state index is 0.629. The Labute approximate surface area is 127 Å². The molecule has 0 aliphatic carbocycles. The van der Waals surface area contributed by atoms with E-state index in [1.54, 1.807) is 18.0 Å². The van der Waals surface area contributed by atoms with E-state index in [1.807, 2.05) is 42.5 Å². The van der Waals surface area contributed by atoms with E-state index in [4.69, 9.17) is 4.42 Å². The minimum Gasteiger partial charge on any atom is -0.467 e. The van der Waals surface area contributed by atoms with E-state index in [-0.39, 0.29) is 0 Å². The molecule has 2 heterocycles. The van der Waals surface area contributed by atoms with E-state index < -0.39 is 0 Å². The minimum absolute atomic E-state index is 0.629. The molecule has 5 nitrogen and oxygen atoms in total. The predicted octanol–water partition coefficient (Wildman–Crippen LogP) is 1.92. The Hall–Kier alpha value is -2.05. The van der Waals surface area contributed by atoms with Crippen molar-refractivity contribution in [3.05, 3.63) is 54.5 Å². The van der Waals surface area contributed by atoms with Crippen LogP contribution in [0.2, 0.25) is 0 Å². The molecule has 108 valence electrons. The van der Waals surface area contributed by atoms with Crippen LogP contribution in [0.3, 0.4) is 0 Å². The van der Waals surface area contributed by atoms with Crippen LogP contribution in [0.15, 0.2) is 58.3 Å². The molecule has 3 rings (SSSR count). The molecule has 0 amide bonds. The molecule has 0 fully saturated rings. The Morgan fingerprint density at radius 1 is 1.10 bits per heavy atom. The van der Waals surface area contributed by atoms with Crippen molar-refractivity contribution in [3.8, 4) is 11.4 Å². The number of rotatable bonds is 6. The van der Waals surface area contributed by atoms with E-state index in [0.717, 1.165) is 34.6 Å². The summed E-state index contributed by atoms with van der Waals surface area (Å²) < 4.78 is 7.55. The highest BCUT2D eigenvalue weighted by molar-refractivity contribution is 7.99. The summed E-state index contributed by atoms with van der Waals surface area (Å²) in [4.78, 5) is 0. The number of benzene rings is 1. The summed E-state index contributed by atoms with van der Waals surface area (Å²) >= 11 is 1.67. The number of quaternary nitrogens is 1. The average Bonchev–Trinajstić information content (AvgIpc) is 3.17. The van der Waals surface area contributed by atoms with Gasteiger partial charge in [0.25, 0.3) is 0 Å². The van der Waals surface area contributed by atoms with Gasteiger partial charge in [0, 0.05) is 5.56 Å². The quantitative estimate of drug-likeness (QED) is 0.706. The summed E-state index contributed by atoms with van der Waals surface area (Å²) in [6.07, 6.45) is 1.69. The van der Waals surface area contributed by atoms with E-state index in [2.05, 4.69) is 20.5 Å². The predicted molar refractivity (Wildman–Crippen MR) is 81.7 cm³/mol. The molecule has 0 saturated carbocycles. The molecule has 0 radical (unpaired) electrons. The smallest absolute Gasteiger partial charge is 0.192 e. The highest BCUT2D eigenvalue weighted by Crippen LogP contribution is 2.24. The van der Waals surface area contributed by atoms with Crippen LogP contribution in [0, 0.1) is 0 Å².